The van der Waals surface area contributed by atoms with Gasteiger partial charge in [-0.1, -0.05) is 23.7 Å². The van der Waals surface area contributed by atoms with Gasteiger partial charge in [0.15, 0.2) is 0 Å². The van der Waals surface area contributed by atoms with E-state index in [2.05, 4.69) is 10.0 Å². The Bertz CT molecular complexity index is 840. The fraction of sp³-hybridized carbons (Fsp3) is 0.429. The van der Waals surface area contributed by atoms with Gasteiger partial charge in [-0.25, -0.2) is 5.01 Å². The normalized spacial score (nSPS) is 25.8. The molecule has 1 saturated heterocycles. The van der Waals surface area contributed by atoms with Gasteiger partial charge in [0.25, 0.3) is 5.91 Å². The summed E-state index contributed by atoms with van der Waals surface area (Å²) >= 11 is 6.00. The number of halogens is 1. The third kappa shape index (κ3) is 4.14. The van der Waals surface area contributed by atoms with Gasteiger partial charge in [-0.2, -0.15) is 5.10 Å². The number of nitrogens with zero attached hydrogens (tertiary/aromatic N) is 3. The summed E-state index contributed by atoms with van der Waals surface area (Å²) in [7, 11) is 0. The van der Waals surface area contributed by atoms with Gasteiger partial charge in [-0.3, -0.25) is 9.69 Å². The molecule has 0 saturated carbocycles. The molecule has 3 heterocycles. The van der Waals surface area contributed by atoms with E-state index in [1.54, 1.807) is 11.3 Å². The van der Waals surface area contributed by atoms with Crippen LogP contribution < -0.4 is 0 Å². The van der Waals surface area contributed by atoms with Gasteiger partial charge in [0, 0.05) is 24.5 Å². The molecule has 1 fully saturated rings. The Labute approximate surface area is 169 Å². The fourth-order valence-electron chi connectivity index (χ4n) is 3.94. The first-order chi connectivity index (χ1) is 13.5. The molecule has 0 bridgehead atoms. The predicted octanol–water partition coefficient (Wildman–Crippen LogP) is 3.72. The average Bonchev–Trinajstić information content (AvgIpc) is 3.31. The second-order valence-electron chi connectivity index (χ2n) is 7.48. The molecule has 4 rings (SSSR count). The van der Waals surface area contributed by atoms with Crippen LogP contribution in [0.2, 0.25) is 5.02 Å². The van der Waals surface area contributed by atoms with Crippen LogP contribution >= 0.6 is 11.6 Å². The van der Waals surface area contributed by atoms with Gasteiger partial charge in [0.05, 0.1) is 30.7 Å². The van der Waals surface area contributed by atoms with Crippen LogP contribution in [0, 0.1) is 0 Å². The molecule has 28 heavy (non-hydrogen) atoms. The highest BCUT2D eigenvalue weighted by Gasteiger charge is 2.36. The molecule has 0 N–H and O–H groups in total. The Morgan fingerprint density at radius 1 is 1.18 bits per heavy atom. The molecule has 0 aliphatic carbocycles. The largest absolute Gasteiger partial charge is 0.467 e. The molecule has 2 aliphatic heterocycles. The minimum atomic E-state index is -0.232. The summed E-state index contributed by atoms with van der Waals surface area (Å²) in [6.07, 6.45) is 2.47. The van der Waals surface area contributed by atoms with Crippen molar-refractivity contribution in [1.29, 1.82) is 0 Å². The number of carbonyl (C=O) groups is 1. The summed E-state index contributed by atoms with van der Waals surface area (Å²) in [6, 6.07) is 11.0. The summed E-state index contributed by atoms with van der Waals surface area (Å²) in [5.74, 6) is 0.705. The highest BCUT2D eigenvalue weighted by Crippen LogP contribution is 2.33. The van der Waals surface area contributed by atoms with Gasteiger partial charge in [0.1, 0.15) is 11.8 Å². The lowest BCUT2D eigenvalue weighted by Gasteiger charge is -2.35. The summed E-state index contributed by atoms with van der Waals surface area (Å²) in [4.78, 5) is 15.3. The Morgan fingerprint density at radius 3 is 2.54 bits per heavy atom. The minimum absolute atomic E-state index is 0.0355. The maximum atomic E-state index is 13.1. The number of morpholine rings is 1. The quantitative estimate of drug-likeness (QED) is 0.783. The maximum absolute atomic E-state index is 13.1. The molecular formula is C21H24ClN3O3. The Kier molecular flexibility index (Phi) is 5.53. The Morgan fingerprint density at radius 2 is 1.89 bits per heavy atom. The maximum Gasteiger partial charge on any atom is 0.257 e. The number of hydrogen-bond donors (Lipinski definition) is 0. The standard InChI is InChI=1S/C21H24ClN3O3/c1-14-11-24(12-15(2)28-14)13-21(26)25-19(20-4-3-9-27-20)10-18(23-25)16-5-7-17(22)8-6-16/h3-9,14-15,19H,10-13H2,1-2H3/t14-,15-,19-/m0/s1. The molecule has 148 valence electrons. The highest BCUT2D eigenvalue weighted by atomic mass is 35.5. The first-order valence-corrected chi connectivity index (χ1v) is 9.94. The second-order valence-corrected chi connectivity index (χ2v) is 7.92. The zero-order valence-corrected chi connectivity index (χ0v) is 16.8. The highest BCUT2D eigenvalue weighted by molar-refractivity contribution is 6.30. The first kappa shape index (κ1) is 19.2. The van der Waals surface area contributed by atoms with Crippen LogP contribution in [0.25, 0.3) is 0 Å². The monoisotopic (exact) mass is 401 g/mol. The van der Waals surface area contributed by atoms with Crippen LogP contribution in [-0.2, 0) is 9.53 Å². The molecule has 6 nitrogen and oxygen atoms in total. The van der Waals surface area contributed by atoms with E-state index in [-0.39, 0.29) is 24.2 Å². The van der Waals surface area contributed by atoms with Gasteiger partial charge in [-0.15, -0.1) is 0 Å². The number of hydrazone groups is 1. The van der Waals surface area contributed by atoms with E-state index in [4.69, 9.17) is 20.8 Å². The van der Waals surface area contributed by atoms with Crippen LogP contribution in [0.3, 0.4) is 0 Å². The molecule has 1 aromatic heterocycles. The van der Waals surface area contributed by atoms with Crippen LogP contribution in [0.5, 0.6) is 0 Å². The summed E-state index contributed by atoms with van der Waals surface area (Å²) < 4.78 is 11.4. The smallest absolute Gasteiger partial charge is 0.257 e. The van der Waals surface area contributed by atoms with E-state index < -0.39 is 0 Å². The molecule has 3 atom stereocenters. The van der Waals surface area contributed by atoms with Crippen molar-refractivity contribution in [2.24, 2.45) is 5.10 Å². The fourth-order valence-corrected chi connectivity index (χ4v) is 4.06. The lowest BCUT2D eigenvalue weighted by Crippen LogP contribution is -2.49. The van der Waals surface area contributed by atoms with Gasteiger partial charge in [-0.05, 0) is 43.7 Å². The van der Waals surface area contributed by atoms with Gasteiger partial charge >= 0.3 is 0 Å². The third-order valence-corrected chi connectivity index (χ3v) is 5.32. The molecule has 0 spiro atoms. The number of ether oxygens (including phenoxy) is 1. The van der Waals surface area contributed by atoms with E-state index in [1.165, 1.54) is 0 Å². The van der Waals surface area contributed by atoms with Crippen molar-refractivity contribution in [2.75, 3.05) is 19.6 Å². The Hall–Kier alpha value is -2.15. The van der Waals surface area contributed by atoms with E-state index in [0.29, 0.717) is 18.0 Å². The zero-order chi connectivity index (χ0) is 19.7. The number of rotatable bonds is 4. The van der Waals surface area contributed by atoms with Gasteiger partial charge in [0.2, 0.25) is 0 Å². The van der Waals surface area contributed by atoms with Crippen molar-refractivity contribution >= 4 is 23.2 Å². The molecule has 2 aromatic rings. The molecule has 1 aromatic carbocycles. The number of amides is 1. The van der Waals surface area contributed by atoms with Crippen LogP contribution in [0.4, 0.5) is 0 Å². The molecule has 1 amide bonds. The van der Waals surface area contributed by atoms with E-state index in [1.807, 2.05) is 50.2 Å². The van der Waals surface area contributed by atoms with Crippen LogP contribution in [-0.4, -0.2) is 53.4 Å². The lowest BCUT2D eigenvalue weighted by molar-refractivity contribution is -0.138. The number of benzene rings is 1. The van der Waals surface area contributed by atoms with Crippen molar-refractivity contribution in [1.82, 2.24) is 9.91 Å². The number of furan rings is 1. The SMILES string of the molecule is C[C@H]1CN(CC(=O)N2N=C(c3ccc(Cl)cc3)C[C@H]2c2ccco2)C[C@H](C)O1. The van der Waals surface area contributed by atoms with E-state index in [0.717, 1.165) is 30.1 Å². The lowest BCUT2D eigenvalue weighted by atomic mass is 10.0. The Balaban J connectivity index is 1.55. The first-order valence-electron chi connectivity index (χ1n) is 9.56. The summed E-state index contributed by atoms with van der Waals surface area (Å²) in [6.45, 7) is 5.86. The minimum Gasteiger partial charge on any atom is -0.467 e. The topological polar surface area (TPSA) is 58.3 Å². The number of carbonyl (C=O) groups excluding carboxylic acids is 1. The van der Waals surface area contributed by atoms with Crippen molar-refractivity contribution in [3.8, 4) is 0 Å². The molecular weight excluding hydrogens is 378 g/mol. The molecule has 7 heteroatoms. The van der Waals surface area contributed by atoms with Crippen LogP contribution in [0.15, 0.2) is 52.2 Å². The molecule has 0 radical (unpaired) electrons. The van der Waals surface area contributed by atoms with Crippen LogP contribution in [0.1, 0.15) is 37.6 Å². The molecule has 0 unspecified atom stereocenters. The predicted molar refractivity (Wildman–Crippen MR) is 107 cm³/mol. The van der Waals surface area contributed by atoms with Crippen molar-refractivity contribution in [3.05, 3.63) is 59.0 Å². The van der Waals surface area contributed by atoms with E-state index in [9.17, 15) is 4.79 Å². The van der Waals surface area contributed by atoms with Crippen molar-refractivity contribution in [2.45, 2.75) is 38.5 Å². The van der Waals surface area contributed by atoms with Crippen molar-refractivity contribution in [3.63, 3.8) is 0 Å². The van der Waals surface area contributed by atoms with Gasteiger partial charge < -0.3 is 9.15 Å². The zero-order valence-electron chi connectivity index (χ0n) is 16.0. The number of hydrogen-bond acceptors (Lipinski definition) is 5. The summed E-state index contributed by atoms with van der Waals surface area (Å²) in [5, 5.41) is 6.92. The summed E-state index contributed by atoms with van der Waals surface area (Å²) in [5.41, 5.74) is 1.82. The second kappa shape index (κ2) is 8.07. The average molecular weight is 402 g/mol. The molecule has 2 aliphatic rings. The van der Waals surface area contributed by atoms with E-state index >= 15 is 0 Å². The third-order valence-electron chi connectivity index (χ3n) is 5.07. The van der Waals surface area contributed by atoms with Crippen molar-refractivity contribution < 1.29 is 13.9 Å².